The largest absolute Gasteiger partial charge is 0.496 e. The lowest BCUT2D eigenvalue weighted by atomic mass is 9.95. The van der Waals surface area contributed by atoms with Crippen LogP contribution >= 0.6 is 0 Å². The molecule has 0 spiro atoms. The maximum atomic E-state index is 12.6. The van der Waals surface area contributed by atoms with Gasteiger partial charge in [-0.1, -0.05) is 19.1 Å². The number of ether oxygens (including phenoxy) is 1. The van der Waals surface area contributed by atoms with Crippen LogP contribution in [0.4, 0.5) is 18.9 Å². The number of amides is 1. The molecule has 5 nitrogen and oxygen atoms in total. The van der Waals surface area contributed by atoms with E-state index in [4.69, 9.17) is 4.74 Å². The average Bonchev–Trinajstić information content (AvgIpc) is 2.65. The Balaban J connectivity index is 2.12. The van der Waals surface area contributed by atoms with Crippen LogP contribution in [0.15, 0.2) is 42.5 Å². The van der Waals surface area contributed by atoms with Crippen molar-refractivity contribution in [1.82, 2.24) is 0 Å². The van der Waals surface area contributed by atoms with Crippen LogP contribution < -0.4 is 10.1 Å². The minimum Gasteiger partial charge on any atom is -0.496 e. The van der Waals surface area contributed by atoms with Gasteiger partial charge >= 0.3 is 12.1 Å². The Morgan fingerprint density at radius 3 is 2.31 bits per heavy atom. The molecule has 2 N–H and O–H groups in total. The van der Waals surface area contributed by atoms with E-state index < -0.39 is 29.5 Å². The zero-order valence-electron chi connectivity index (χ0n) is 16.0. The average molecular weight is 409 g/mol. The molecule has 0 aliphatic heterocycles. The van der Waals surface area contributed by atoms with Crippen LogP contribution in [0.2, 0.25) is 0 Å². The molecule has 0 bridgehead atoms. The molecule has 0 aromatic heterocycles. The summed E-state index contributed by atoms with van der Waals surface area (Å²) in [5, 5.41) is 11.8. The van der Waals surface area contributed by atoms with Crippen molar-refractivity contribution in [3.05, 3.63) is 59.2 Å². The molecule has 0 radical (unpaired) electrons. The Labute approximate surface area is 166 Å². The highest BCUT2D eigenvalue weighted by atomic mass is 19.4. The van der Waals surface area contributed by atoms with Crippen molar-refractivity contribution in [2.24, 2.45) is 5.92 Å². The number of carbonyl (C=O) groups is 2. The van der Waals surface area contributed by atoms with Gasteiger partial charge in [0, 0.05) is 11.3 Å². The fourth-order valence-corrected chi connectivity index (χ4v) is 2.91. The van der Waals surface area contributed by atoms with Crippen molar-refractivity contribution in [3.63, 3.8) is 0 Å². The van der Waals surface area contributed by atoms with Crippen LogP contribution in [0.3, 0.4) is 0 Å². The molecule has 8 heteroatoms. The summed E-state index contributed by atoms with van der Waals surface area (Å²) >= 11 is 0. The Kier molecular flexibility index (Phi) is 7.25. The summed E-state index contributed by atoms with van der Waals surface area (Å²) in [5.41, 5.74) is 0.774. The zero-order valence-corrected chi connectivity index (χ0v) is 16.0. The second kappa shape index (κ2) is 9.45. The van der Waals surface area contributed by atoms with Crippen LogP contribution in [0, 0.1) is 5.92 Å². The van der Waals surface area contributed by atoms with Gasteiger partial charge in [0.25, 0.3) is 0 Å². The van der Waals surface area contributed by atoms with Gasteiger partial charge in [-0.15, -0.1) is 0 Å². The van der Waals surface area contributed by atoms with Crippen molar-refractivity contribution in [3.8, 4) is 5.75 Å². The van der Waals surface area contributed by atoms with Gasteiger partial charge in [0.05, 0.1) is 25.0 Å². The number of halogens is 3. The minimum atomic E-state index is -4.44. The molecule has 0 fully saturated rings. The van der Waals surface area contributed by atoms with Crippen molar-refractivity contribution < 1.29 is 32.6 Å². The molecule has 2 rings (SSSR count). The van der Waals surface area contributed by atoms with Crippen LogP contribution in [0.1, 0.15) is 30.0 Å². The number of benzene rings is 2. The van der Waals surface area contributed by atoms with E-state index >= 15 is 0 Å². The first kappa shape index (κ1) is 22.3. The van der Waals surface area contributed by atoms with E-state index in [9.17, 15) is 27.9 Å². The van der Waals surface area contributed by atoms with E-state index in [2.05, 4.69) is 5.32 Å². The molecule has 2 aromatic rings. The van der Waals surface area contributed by atoms with Crippen molar-refractivity contribution in [2.75, 3.05) is 12.4 Å². The molecule has 29 heavy (non-hydrogen) atoms. The number of nitrogens with one attached hydrogen (secondary N) is 1. The van der Waals surface area contributed by atoms with E-state index in [0.717, 1.165) is 17.7 Å². The summed E-state index contributed by atoms with van der Waals surface area (Å²) in [6.45, 7) is 1.79. The summed E-state index contributed by atoms with van der Waals surface area (Å²) in [5.74, 6) is -1.37. The third-order valence-corrected chi connectivity index (χ3v) is 4.52. The summed E-state index contributed by atoms with van der Waals surface area (Å²) in [6, 6.07) is 9.31. The zero-order chi connectivity index (χ0) is 21.6. The van der Waals surface area contributed by atoms with E-state index in [1.165, 1.54) is 19.2 Å². The maximum Gasteiger partial charge on any atom is 0.416 e. The SMILES string of the molecule is CCC(Cc1ccc(OC)c(CC(=O)Nc2ccc(C(F)(F)F)cc2)c1)C(=O)O. The van der Waals surface area contributed by atoms with Crippen LogP contribution in [-0.4, -0.2) is 24.1 Å². The highest BCUT2D eigenvalue weighted by molar-refractivity contribution is 5.92. The molecule has 1 unspecified atom stereocenters. The predicted octanol–water partition coefficient (Wildman–Crippen LogP) is 4.55. The van der Waals surface area contributed by atoms with Crippen molar-refractivity contribution in [2.45, 2.75) is 32.4 Å². The van der Waals surface area contributed by atoms with Gasteiger partial charge in [0.2, 0.25) is 5.91 Å². The molecule has 0 heterocycles. The van der Waals surface area contributed by atoms with Gasteiger partial charge in [-0.3, -0.25) is 9.59 Å². The number of carboxylic acid groups (broad SMARTS) is 1. The maximum absolute atomic E-state index is 12.6. The number of carboxylic acids is 1. The second-order valence-electron chi connectivity index (χ2n) is 6.59. The van der Waals surface area contributed by atoms with Crippen LogP contribution in [0.5, 0.6) is 5.75 Å². The first-order valence-electron chi connectivity index (χ1n) is 8.99. The van der Waals surface area contributed by atoms with Gasteiger partial charge in [-0.05, 0) is 48.7 Å². The Bertz CT molecular complexity index is 863. The molecule has 0 saturated carbocycles. The lowest BCUT2D eigenvalue weighted by Crippen LogP contribution is -2.17. The number of carbonyl (C=O) groups excluding carboxylic acids is 1. The lowest BCUT2D eigenvalue weighted by Gasteiger charge is -2.14. The third kappa shape index (κ3) is 6.23. The Hall–Kier alpha value is -3.03. The number of hydrogen-bond acceptors (Lipinski definition) is 3. The van der Waals surface area contributed by atoms with Crippen molar-refractivity contribution >= 4 is 17.6 Å². The van der Waals surface area contributed by atoms with Gasteiger partial charge in [-0.25, -0.2) is 0 Å². The molecule has 0 aliphatic rings. The van der Waals surface area contributed by atoms with E-state index in [1.807, 2.05) is 0 Å². The number of alkyl halides is 3. The third-order valence-electron chi connectivity index (χ3n) is 4.52. The number of anilines is 1. The summed E-state index contributed by atoms with van der Waals surface area (Å²) in [7, 11) is 1.46. The molecule has 0 aliphatic carbocycles. The standard InChI is InChI=1S/C21H22F3NO4/c1-3-14(20(27)28)10-13-4-9-18(29-2)15(11-13)12-19(26)25-17-7-5-16(6-8-17)21(22,23)24/h4-9,11,14H,3,10,12H2,1-2H3,(H,25,26)(H,27,28). The number of hydrogen-bond donors (Lipinski definition) is 2. The normalized spacial score (nSPS) is 12.3. The fraction of sp³-hybridized carbons (Fsp3) is 0.333. The van der Waals surface area contributed by atoms with E-state index in [0.29, 0.717) is 24.2 Å². The first-order valence-corrected chi connectivity index (χ1v) is 8.99. The molecule has 1 amide bonds. The van der Waals surface area contributed by atoms with E-state index in [1.54, 1.807) is 25.1 Å². The first-order chi connectivity index (χ1) is 13.6. The second-order valence-corrected chi connectivity index (χ2v) is 6.59. The highest BCUT2D eigenvalue weighted by Gasteiger charge is 2.30. The number of aliphatic carboxylic acids is 1. The predicted molar refractivity (Wildman–Crippen MR) is 102 cm³/mol. The Morgan fingerprint density at radius 2 is 1.79 bits per heavy atom. The van der Waals surface area contributed by atoms with Crippen LogP contribution in [-0.2, 0) is 28.6 Å². The Morgan fingerprint density at radius 1 is 1.14 bits per heavy atom. The summed E-state index contributed by atoms with van der Waals surface area (Å²) < 4.78 is 43.1. The molecule has 156 valence electrons. The van der Waals surface area contributed by atoms with Gasteiger partial charge in [0.15, 0.2) is 0 Å². The smallest absolute Gasteiger partial charge is 0.416 e. The van der Waals surface area contributed by atoms with Crippen molar-refractivity contribution in [1.29, 1.82) is 0 Å². The van der Waals surface area contributed by atoms with Crippen LogP contribution in [0.25, 0.3) is 0 Å². The fourth-order valence-electron chi connectivity index (χ4n) is 2.91. The quantitative estimate of drug-likeness (QED) is 0.671. The molecule has 0 saturated heterocycles. The topological polar surface area (TPSA) is 75.6 Å². The summed E-state index contributed by atoms with van der Waals surface area (Å²) in [4.78, 5) is 23.6. The van der Waals surface area contributed by atoms with Gasteiger partial charge in [0.1, 0.15) is 5.75 Å². The number of methoxy groups -OCH3 is 1. The van der Waals surface area contributed by atoms with E-state index in [-0.39, 0.29) is 12.1 Å². The van der Waals surface area contributed by atoms with Gasteiger partial charge < -0.3 is 15.2 Å². The highest BCUT2D eigenvalue weighted by Crippen LogP contribution is 2.30. The van der Waals surface area contributed by atoms with Gasteiger partial charge in [-0.2, -0.15) is 13.2 Å². The number of rotatable bonds is 8. The monoisotopic (exact) mass is 409 g/mol. The minimum absolute atomic E-state index is 0.0676. The molecular weight excluding hydrogens is 387 g/mol. The molecule has 2 aromatic carbocycles. The lowest BCUT2D eigenvalue weighted by molar-refractivity contribution is -0.142. The summed E-state index contributed by atoms with van der Waals surface area (Å²) in [6.07, 6.45) is -3.71. The molecule has 1 atom stereocenters. The molecular formula is C21H22F3NO4.